The fourth-order valence-corrected chi connectivity index (χ4v) is 3.73. The summed E-state index contributed by atoms with van der Waals surface area (Å²) in [5.41, 5.74) is 1.47. The first-order chi connectivity index (χ1) is 14.9. The highest BCUT2D eigenvalue weighted by atomic mass is 35.5. The molecule has 2 amide bonds. The van der Waals surface area contributed by atoms with Crippen molar-refractivity contribution in [2.45, 2.75) is 17.1 Å². The van der Waals surface area contributed by atoms with Gasteiger partial charge in [0, 0.05) is 21.2 Å². The molecule has 3 rings (SSSR count). The number of amides is 2. The summed E-state index contributed by atoms with van der Waals surface area (Å²) in [7, 11) is 1.52. The van der Waals surface area contributed by atoms with Crippen LogP contribution in [0, 0.1) is 5.82 Å². The Labute approximate surface area is 188 Å². The first-order valence-electron chi connectivity index (χ1n) is 9.34. The second-order valence-corrected chi connectivity index (χ2v) is 8.43. The summed E-state index contributed by atoms with van der Waals surface area (Å²) in [6, 6.07) is 17.4. The molecule has 8 heteroatoms. The minimum absolute atomic E-state index is 0.195. The largest absolute Gasteiger partial charge is 0.495 e. The van der Waals surface area contributed by atoms with Crippen LogP contribution < -0.4 is 15.4 Å². The van der Waals surface area contributed by atoms with E-state index in [-0.39, 0.29) is 17.1 Å². The van der Waals surface area contributed by atoms with E-state index in [1.54, 1.807) is 37.3 Å². The van der Waals surface area contributed by atoms with E-state index in [2.05, 4.69) is 10.6 Å². The first kappa shape index (κ1) is 22.7. The number of rotatable bonds is 7. The van der Waals surface area contributed by atoms with Crippen molar-refractivity contribution in [3.8, 4) is 5.75 Å². The summed E-state index contributed by atoms with van der Waals surface area (Å²) in [6.07, 6.45) is 0. The number of halogens is 2. The summed E-state index contributed by atoms with van der Waals surface area (Å²) in [5.74, 6) is -0.399. The Balaban J connectivity index is 1.59. The van der Waals surface area contributed by atoms with Crippen LogP contribution in [0.5, 0.6) is 5.75 Å². The van der Waals surface area contributed by atoms with Gasteiger partial charge in [-0.05, 0) is 73.7 Å². The van der Waals surface area contributed by atoms with Gasteiger partial charge in [0.2, 0.25) is 5.91 Å². The molecule has 1 unspecified atom stereocenters. The number of carbonyl (C=O) groups excluding carboxylic acids is 2. The molecule has 0 heterocycles. The third-order valence-electron chi connectivity index (χ3n) is 4.32. The van der Waals surface area contributed by atoms with Gasteiger partial charge >= 0.3 is 0 Å². The van der Waals surface area contributed by atoms with Crippen molar-refractivity contribution in [1.82, 2.24) is 0 Å². The normalized spacial score (nSPS) is 11.5. The molecule has 0 aliphatic heterocycles. The second-order valence-electron chi connectivity index (χ2n) is 6.58. The van der Waals surface area contributed by atoms with E-state index in [0.29, 0.717) is 27.7 Å². The van der Waals surface area contributed by atoms with Crippen LogP contribution in [0.4, 0.5) is 15.8 Å². The maximum Gasteiger partial charge on any atom is 0.255 e. The summed E-state index contributed by atoms with van der Waals surface area (Å²) in [4.78, 5) is 25.7. The lowest BCUT2D eigenvalue weighted by Gasteiger charge is -2.15. The summed E-state index contributed by atoms with van der Waals surface area (Å²) in [6.45, 7) is 1.79. The van der Waals surface area contributed by atoms with Crippen LogP contribution in [0.2, 0.25) is 5.02 Å². The monoisotopic (exact) mass is 458 g/mol. The van der Waals surface area contributed by atoms with Gasteiger partial charge < -0.3 is 15.4 Å². The molecular formula is C23H20ClFN2O3S. The standard InChI is InChI=1S/C23H20ClFN2O3S/c1-14(22(28)27-20-13-16(24)5-12-21(20)30-2)31-19-10-8-18(9-11-19)26-23(29)15-3-6-17(25)7-4-15/h3-14H,1-2H3,(H,26,29)(H,27,28). The molecule has 0 saturated carbocycles. The van der Waals surface area contributed by atoms with Crippen molar-refractivity contribution < 1.29 is 18.7 Å². The number of hydrogen-bond donors (Lipinski definition) is 2. The Morgan fingerprint density at radius 2 is 1.68 bits per heavy atom. The van der Waals surface area contributed by atoms with Crippen LogP contribution in [0.1, 0.15) is 17.3 Å². The van der Waals surface area contributed by atoms with Gasteiger partial charge in [-0.3, -0.25) is 9.59 Å². The molecule has 160 valence electrons. The van der Waals surface area contributed by atoms with Crippen LogP contribution in [0.25, 0.3) is 0 Å². The molecule has 0 saturated heterocycles. The van der Waals surface area contributed by atoms with Crippen molar-refractivity contribution in [2.75, 3.05) is 17.7 Å². The van der Waals surface area contributed by atoms with Crippen molar-refractivity contribution in [3.63, 3.8) is 0 Å². The van der Waals surface area contributed by atoms with Gasteiger partial charge in [-0.2, -0.15) is 0 Å². The van der Waals surface area contributed by atoms with E-state index < -0.39 is 5.82 Å². The van der Waals surface area contributed by atoms with E-state index in [4.69, 9.17) is 16.3 Å². The molecule has 0 aromatic heterocycles. The molecule has 3 aromatic rings. The number of hydrogen-bond acceptors (Lipinski definition) is 4. The van der Waals surface area contributed by atoms with E-state index in [1.807, 2.05) is 12.1 Å². The molecule has 0 aliphatic carbocycles. The zero-order valence-electron chi connectivity index (χ0n) is 16.8. The number of ether oxygens (including phenoxy) is 1. The predicted octanol–water partition coefficient (Wildman–Crippen LogP) is 5.86. The van der Waals surface area contributed by atoms with Crippen molar-refractivity contribution in [2.24, 2.45) is 0 Å². The Morgan fingerprint density at radius 1 is 1.00 bits per heavy atom. The lowest BCUT2D eigenvalue weighted by Crippen LogP contribution is -2.22. The second kappa shape index (κ2) is 10.3. The van der Waals surface area contributed by atoms with E-state index >= 15 is 0 Å². The number of benzene rings is 3. The van der Waals surface area contributed by atoms with Gasteiger partial charge in [-0.1, -0.05) is 11.6 Å². The third-order valence-corrected chi connectivity index (χ3v) is 5.67. The summed E-state index contributed by atoms with van der Waals surface area (Å²) < 4.78 is 18.2. The predicted molar refractivity (Wildman–Crippen MR) is 123 cm³/mol. The Bertz CT molecular complexity index is 1080. The van der Waals surface area contributed by atoms with Gasteiger partial charge in [0.15, 0.2) is 0 Å². The molecule has 0 bridgehead atoms. The average molecular weight is 459 g/mol. The summed E-state index contributed by atoms with van der Waals surface area (Å²) in [5, 5.41) is 5.69. The van der Waals surface area contributed by atoms with E-state index in [9.17, 15) is 14.0 Å². The molecule has 0 radical (unpaired) electrons. The fraction of sp³-hybridized carbons (Fsp3) is 0.130. The van der Waals surface area contributed by atoms with Crippen LogP contribution in [0.3, 0.4) is 0 Å². The topological polar surface area (TPSA) is 67.4 Å². The minimum atomic E-state index is -0.398. The summed E-state index contributed by atoms with van der Waals surface area (Å²) >= 11 is 7.38. The zero-order chi connectivity index (χ0) is 22.4. The number of anilines is 2. The van der Waals surface area contributed by atoms with Crippen LogP contribution in [-0.4, -0.2) is 24.2 Å². The molecule has 31 heavy (non-hydrogen) atoms. The third kappa shape index (κ3) is 6.23. The molecule has 0 spiro atoms. The van der Waals surface area contributed by atoms with Gasteiger partial charge in [0.05, 0.1) is 18.0 Å². The van der Waals surface area contributed by atoms with Crippen molar-refractivity contribution in [1.29, 1.82) is 0 Å². The number of nitrogens with one attached hydrogen (secondary N) is 2. The van der Waals surface area contributed by atoms with Crippen LogP contribution in [-0.2, 0) is 4.79 Å². The quantitative estimate of drug-likeness (QED) is 0.435. The maximum atomic E-state index is 13.0. The van der Waals surface area contributed by atoms with E-state index in [1.165, 1.54) is 43.1 Å². The number of thioether (sulfide) groups is 1. The van der Waals surface area contributed by atoms with Crippen molar-refractivity contribution in [3.05, 3.63) is 83.1 Å². The smallest absolute Gasteiger partial charge is 0.255 e. The van der Waals surface area contributed by atoms with Crippen molar-refractivity contribution >= 4 is 46.6 Å². The maximum absolute atomic E-state index is 13.0. The Morgan fingerprint density at radius 3 is 2.32 bits per heavy atom. The molecule has 3 aromatic carbocycles. The van der Waals surface area contributed by atoms with E-state index in [0.717, 1.165) is 4.90 Å². The number of methoxy groups -OCH3 is 1. The van der Waals surface area contributed by atoms with Gasteiger partial charge in [0.25, 0.3) is 5.91 Å². The highest BCUT2D eigenvalue weighted by molar-refractivity contribution is 8.00. The minimum Gasteiger partial charge on any atom is -0.495 e. The van der Waals surface area contributed by atoms with Gasteiger partial charge in [0.1, 0.15) is 11.6 Å². The molecule has 1 atom stereocenters. The molecule has 2 N–H and O–H groups in total. The SMILES string of the molecule is COc1ccc(Cl)cc1NC(=O)C(C)Sc1ccc(NC(=O)c2ccc(F)cc2)cc1. The number of carbonyl (C=O) groups is 2. The lowest BCUT2D eigenvalue weighted by atomic mass is 10.2. The molecular weight excluding hydrogens is 439 g/mol. The highest BCUT2D eigenvalue weighted by Crippen LogP contribution is 2.30. The van der Waals surface area contributed by atoms with Gasteiger partial charge in [-0.25, -0.2) is 4.39 Å². The average Bonchev–Trinajstić information content (AvgIpc) is 2.75. The van der Waals surface area contributed by atoms with Crippen LogP contribution >= 0.6 is 23.4 Å². The zero-order valence-corrected chi connectivity index (χ0v) is 18.4. The molecule has 0 aliphatic rings. The fourth-order valence-electron chi connectivity index (χ4n) is 2.69. The molecule has 0 fully saturated rings. The van der Waals surface area contributed by atoms with Gasteiger partial charge in [-0.15, -0.1) is 11.8 Å². The van der Waals surface area contributed by atoms with Crippen LogP contribution in [0.15, 0.2) is 71.6 Å². The lowest BCUT2D eigenvalue weighted by molar-refractivity contribution is -0.115. The first-order valence-corrected chi connectivity index (χ1v) is 10.6. The highest BCUT2D eigenvalue weighted by Gasteiger charge is 2.17. The molecule has 5 nitrogen and oxygen atoms in total. The Kier molecular flexibility index (Phi) is 7.55. The Hall–Kier alpha value is -3.03.